The number of rotatable bonds is 3. The Labute approximate surface area is 117 Å². The van der Waals surface area contributed by atoms with Crippen molar-refractivity contribution in [3.8, 4) is 0 Å². The van der Waals surface area contributed by atoms with Gasteiger partial charge in [0.1, 0.15) is 0 Å². The summed E-state index contributed by atoms with van der Waals surface area (Å²) >= 11 is 5.83. The van der Waals surface area contributed by atoms with Gasteiger partial charge < -0.3 is 15.8 Å². The highest BCUT2D eigenvalue weighted by Gasteiger charge is 2.20. The van der Waals surface area contributed by atoms with Gasteiger partial charge in [-0.05, 0) is 25.1 Å². The molecule has 1 saturated heterocycles. The summed E-state index contributed by atoms with van der Waals surface area (Å²) in [6.45, 7) is 4.52. The van der Waals surface area contributed by atoms with Gasteiger partial charge in [-0.15, -0.1) is 0 Å². The smallest absolute Gasteiger partial charge is 0.238 e. The number of ether oxygens (including phenoxy) is 1. The van der Waals surface area contributed by atoms with Crippen LogP contribution in [0.25, 0.3) is 0 Å². The van der Waals surface area contributed by atoms with Gasteiger partial charge in [-0.3, -0.25) is 9.69 Å². The minimum Gasteiger partial charge on any atom is -0.397 e. The molecule has 1 heterocycles. The largest absolute Gasteiger partial charge is 0.397 e. The molecule has 5 nitrogen and oxygen atoms in total. The van der Waals surface area contributed by atoms with Crippen LogP contribution in [0.4, 0.5) is 11.4 Å². The van der Waals surface area contributed by atoms with Crippen molar-refractivity contribution in [3.05, 3.63) is 23.2 Å². The van der Waals surface area contributed by atoms with Crippen molar-refractivity contribution < 1.29 is 9.53 Å². The fraction of sp³-hybridized carbons (Fsp3) is 0.462. The summed E-state index contributed by atoms with van der Waals surface area (Å²) in [7, 11) is 0. The Kier molecular flexibility index (Phi) is 4.63. The lowest BCUT2D eigenvalue weighted by Gasteiger charge is -2.32. The summed E-state index contributed by atoms with van der Waals surface area (Å²) in [5.41, 5.74) is 6.81. The number of nitrogen functional groups attached to an aromatic ring is 1. The number of halogens is 1. The molecule has 1 atom stereocenters. The lowest BCUT2D eigenvalue weighted by atomic mass is 10.2. The van der Waals surface area contributed by atoms with Crippen LogP contribution in [-0.2, 0) is 9.53 Å². The summed E-state index contributed by atoms with van der Waals surface area (Å²) in [6.07, 6.45) is 0. The fourth-order valence-electron chi connectivity index (χ4n) is 2.00. The summed E-state index contributed by atoms with van der Waals surface area (Å²) in [4.78, 5) is 14.1. The topological polar surface area (TPSA) is 67.6 Å². The van der Waals surface area contributed by atoms with Gasteiger partial charge in [-0.2, -0.15) is 0 Å². The Morgan fingerprint density at radius 1 is 1.63 bits per heavy atom. The molecule has 3 N–H and O–H groups in total. The molecule has 0 radical (unpaired) electrons. The average molecular weight is 284 g/mol. The molecule has 6 heteroatoms. The second-order valence-corrected chi connectivity index (χ2v) is 5.09. The maximum atomic E-state index is 12.0. The molecular weight excluding hydrogens is 266 g/mol. The number of nitrogens with two attached hydrogens (primary N) is 1. The van der Waals surface area contributed by atoms with Gasteiger partial charge in [-0.1, -0.05) is 11.6 Å². The first kappa shape index (κ1) is 14.1. The number of benzene rings is 1. The SMILES string of the molecule is CC1COCCN1CC(=O)Nc1ccc(Cl)c(N)c1. The van der Waals surface area contributed by atoms with Crippen LogP contribution in [-0.4, -0.2) is 43.2 Å². The molecule has 0 aromatic heterocycles. The third kappa shape index (κ3) is 3.83. The van der Waals surface area contributed by atoms with Crippen molar-refractivity contribution in [1.82, 2.24) is 4.90 Å². The number of hydrogen-bond donors (Lipinski definition) is 2. The van der Waals surface area contributed by atoms with Gasteiger partial charge in [0, 0.05) is 18.3 Å². The van der Waals surface area contributed by atoms with Crippen LogP contribution in [0.5, 0.6) is 0 Å². The van der Waals surface area contributed by atoms with E-state index in [4.69, 9.17) is 22.1 Å². The Balaban J connectivity index is 1.91. The average Bonchev–Trinajstić information content (AvgIpc) is 2.37. The van der Waals surface area contributed by atoms with Crippen LogP contribution in [0.3, 0.4) is 0 Å². The van der Waals surface area contributed by atoms with E-state index in [2.05, 4.69) is 10.2 Å². The predicted molar refractivity (Wildman–Crippen MR) is 76.3 cm³/mol. The Hall–Kier alpha value is -1.30. The molecule has 1 aliphatic heterocycles. The van der Waals surface area contributed by atoms with Gasteiger partial charge in [0.15, 0.2) is 0 Å². The molecule has 1 fully saturated rings. The second kappa shape index (κ2) is 6.23. The van der Waals surface area contributed by atoms with E-state index in [0.29, 0.717) is 36.2 Å². The summed E-state index contributed by atoms with van der Waals surface area (Å²) in [5, 5.41) is 3.30. The van der Waals surface area contributed by atoms with Crippen LogP contribution >= 0.6 is 11.6 Å². The minimum atomic E-state index is -0.0597. The van der Waals surface area contributed by atoms with Crippen molar-refractivity contribution in [2.24, 2.45) is 0 Å². The number of hydrogen-bond acceptors (Lipinski definition) is 4. The Morgan fingerprint density at radius 3 is 3.11 bits per heavy atom. The third-order valence-corrected chi connectivity index (χ3v) is 3.48. The molecule has 1 aromatic carbocycles. The molecule has 0 spiro atoms. The van der Waals surface area contributed by atoms with E-state index in [-0.39, 0.29) is 11.9 Å². The van der Waals surface area contributed by atoms with Gasteiger partial charge in [0.2, 0.25) is 5.91 Å². The molecule has 104 valence electrons. The first-order chi connectivity index (χ1) is 9.06. The van der Waals surface area contributed by atoms with E-state index in [9.17, 15) is 4.79 Å². The number of amides is 1. The third-order valence-electron chi connectivity index (χ3n) is 3.13. The molecule has 1 aromatic rings. The standard InChI is InChI=1S/C13H18ClN3O2/c1-9-8-19-5-4-17(9)7-13(18)16-10-2-3-11(14)12(15)6-10/h2-3,6,9H,4-5,7-8,15H2,1H3,(H,16,18). The molecule has 19 heavy (non-hydrogen) atoms. The molecule has 1 amide bonds. The fourth-order valence-corrected chi connectivity index (χ4v) is 2.12. The van der Waals surface area contributed by atoms with Crippen molar-refractivity contribution >= 4 is 28.9 Å². The number of nitrogens with one attached hydrogen (secondary N) is 1. The minimum absolute atomic E-state index is 0.0597. The van der Waals surface area contributed by atoms with Crippen molar-refractivity contribution in [3.63, 3.8) is 0 Å². The van der Waals surface area contributed by atoms with Crippen LogP contribution < -0.4 is 11.1 Å². The van der Waals surface area contributed by atoms with E-state index in [0.717, 1.165) is 6.54 Å². The first-order valence-corrected chi connectivity index (χ1v) is 6.60. The number of anilines is 2. The maximum absolute atomic E-state index is 12.0. The van der Waals surface area contributed by atoms with E-state index in [1.54, 1.807) is 18.2 Å². The highest BCUT2D eigenvalue weighted by molar-refractivity contribution is 6.33. The van der Waals surface area contributed by atoms with Crippen molar-refractivity contribution in [2.75, 3.05) is 37.4 Å². The zero-order valence-corrected chi connectivity index (χ0v) is 11.6. The van der Waals surface area contributed by atoms with E-state index < -0.39 is 0 Å². The summed E-state index contributed by atoms with van der Waals surface area (Å²) in [6, 6.07) is 5.32. The zero-order chi connectivity index (χ0) is 13.8. The Morgan fingerprint density at radius 2 is 2.42 bits per heavy atom. The van der Waals surface area contributed by atoms with E-state index >= 15 is 0 Å². The highest BCUT2D eigenvalue weighted by Crippen LogP contribution is 2.22. The lowest BCUT2D eigenvalue weighted by Crippen LogP contribution is -2.47. The van der Waals surface area contributed by atoms with Crippen LogP contribution in [0, 0.1) is 0 Å². The number of nitrogens with zero attached hydrogens (tertiary/aromatic N) is 1. The van der Waals surface area contributed by atoms with Crippen molar-refractivity contribution in [2.45, 2.75) is 13.0 Å². The molecule has 1 unspecified atom stereocenters. The molecule has 0 saturated carbocycles. The normalized spacial score (nSPS) is 20.2. The Bertz CT molecular complexity index is 467. The van der Waals surface area contributed by atoms with Crippen molar-refractivity contribution in [1.29, 1.82) is 0 Å². The van der Waals surface area contributed by atoms with Gasteiger partial charge in [0.25, 0.3) is 0 Å². The lowest BCUT2D eigenvalue weighted by molar-refractivity contribution is -0.119. The van der Waals surface area contributed by atoms with Gasteiger partial charge >= 0.3 is 0 Å². The van der Waals surface area contributed by atoms with Crippen LogP contribution in [0.1, 0.15) is 6.92 Å². The number of morpholine rings is 1. The number of carbonyl (C=O) groups is 1. The van der Waals surface area contributed by atoms with Crippen LogP contribution in [0.2, 0.25) is 5.02 Å². The molecule has 1 aliphatic rings. The zero-order valence-electron chi connectivity index (χ0n) is 10.9. The second-order valence-electron chi connectivity index (χ2n) is 4.68. The van der Waals surface area contributed by atoms with E-state index in [1.807, 2.05) is 6.92 Å². The predicted octanol–water partition coefficient (Wildman–Crippen LogP) is 1.58. The molecule has 0 bridgehead atoms. The molecular formula is C13H18ClN3O2. The van der Waals surface area contributed by atoms with Gasteiger partial charge in [0.05, 0.1) is 30.5 Å². The maximum Gasteiger partial charge on any atom is 0.238 e. The van der Waals surface area contributed by atoms with Crippen LogP contribution in [0.15, 0.2) is 18.2 Å². The quantitative estimate of drug-likeness (QED) is 0.827. The van der Waals surface area contributed by atoms with E-state index in [1.165, 1.54) is 0 Å². The highest BCUT2D eigenvalue weighted by atomic mass is 35.5. The first-order valence-electron chi connectivity index (χ1n) is 6.23. The molecule has 0 aliphatic carbocycles. The van der Waals surface area contributed by atoms with Gasteiger partial charge in [-0.25, -0.2) is 0 Å². The monoisotopic (exact) mass is 283 g/mol. The number of carbonyl (C=O) groups excluding carboxylic acids is 1. The summed E-state index contributed by atoms with van der Waals surface area (Å²) in [5.74, 6) is -0.0597. The molecule has 2 rings (SSSR count). The summed E-state index contributed by atoms with van der Waals surface area (Å²) < 4.78 is 5.34.